The highest BCUT2D eigenvalue weighted by Gasteiger charge is 2.20. The molecule has 0 saturated carbocycles. The standard InChI is InChI=1S/C17H22N6O2S/c1-9(23-11(3)16(12(4)24)10(2)20-23)6-15(25)18-7-14-8-22-17(19-14)26-13(5)21-22/h8-9H,6-7H2,1-5H3,(H,18,25)/t9-/m0/s1. The monoisotopic (exact) mass is 374 g/mol. The van der Waals surface area contributed by atoms with Crippen LogP contribution >= 0.6 is 11.3 Å². The molecule has 1 amide bonds. The van der Waals surface area contributed by atoms with Crippen molar-refractivity contribution in [3.05, 3.63) is 33.8 Å². The number of hydrogen-bond acceptors (Lipinski definition) is 6. The fraction of sp³-hybridized carbons (Fsp3) is 0.471. The highest BCUT2D eigenvalue weighted by atomic mass is 32.1. The van der Waals surface area contributed by atoms with Crippen molar-refractivity contribution in [2.24, 2.45) is 0 Å². The summed E-state index contributed by atoms with van der Waals surface area (Å²) in [5.41, 5.74) is 2.90. The molecule has 3 rings (SSSR count). The first-order valence-corrected chi connectivity index (χ1v) is 9.23. The molecule has 138 valence electrons. The third-order valence-electron chi connectivity index (χ3n) is 4.24. The van der Waals surface area contributed by atoms with Gasteiger partial charge in [0.1, 0.15) is 5.01 Å². The zero-order valence-electron chi connectivity index (χ0n) is 15.5. The summed E-state index contributed by atoms with van der Waals surface area (Å²) in [6, 6.07) is -0.142. The maximum Gasteiger partial charge on any atom is 0.222 e. The number of carbonyl (C=O) groups excluding carboxylic acids is 2. The summed E-state index contributed by atoms with van der Waals surface area (Å²) in [5, 5.41) is 12.6. The summed E-state index contributed by atoms with van der Waals surface area (Å²) in [6.45, 7) is 9.41. The summed E-state index contributed by atoms with van der Waals surface area (Å²) >= 11 is 1.51. The minimum absolute atomic E-state index is 0.00787. The first kappa shape index (κ1) is 18.2. The molecule has 0 spiro atoms. The van der Waals surface area contributed by atoms with E-state index in [0.717, 1.165) is 21.4 Å². The lowest BCUT2D eigenvalue weighted by molar-refractivity contribution is -0.122. The largest absolute Gasteiger partial charge is 0.350 e. The van der Waals surface area contributed by atoms with Gasteiger partial charge in [0.15, 0.2) is 5.78 Å². The molecule has 3 heterocycles. The van der Waals surface area contributed by atoms with Crippen molar-refractivity contribution in [2.45, 2.75) is 53.6 Å². The van der Waals surface area contributed by atoms with Crippen LogP contribution in [0, 0.1) is 20.8 Å². The summed E-state index contributed by atoms with van der Waals surface area (Å²) in [4.78, 5) is 29.3. The van der Waals surface area contributed by atoms with E-state index in [9.17, 15) is 9.59 Å². The second-order valence-corrected chi connectivity index (χ2v) is 7.62. The number of hydrogen-bond donors (Lipinski definition) is 1. The van der Waals surface area contributed by atoms with Crippen LogP contribution in [0.25, 0.3) is 4.96 Å². The molecule has 9 heteroatoms. The van der Waals surface area contributed by atoms with E-state index in [4.69, 9.17) is 0 Å². The average molecular weight is 374 g/mol. The SMILES string of the molecule is CC(=O)c1c(C)nn([C@@H](C)CC(=O)NCc2cn3nc(C)sc3n2)c1C. The van der Waals surface area contributed by atoms with Gasteiger partial charge in [-0.15, -0.1) is 0 Å². The lowest BCUT2D eigenvalue weighted by atomic mass is 10.1. The summed E-state index contributed by atoms with van der Waals surface area (Å²) in [5.74, 6) is -0.0959. The summed E-state index contributed by atoms with van der Waals surface area (Å²) in [6.07, 6.45) is 2.10. The van der Waals surface area contributed by atoms with E-state index >= 15 is 0 Å². The van der Waals surface area contributed by atoms with Crippen LogP contribution in [-0.2, 0) is 11.3 Å². The number of nitrogens with zero attached hydrogens (tertiary/aromatic N) is 5. The number of rotatable bonds is 6. The molecule has 3 aromatic heterocycles. The van der Waals surface area contributed by atoms with E-state index in [1.807, 2.05) is 33.9 Å². The van der Waals surface area contributed by atoms with Crippen LogP contribution in [0.1, 0.15) is 58.8 Å². The Kier molecular flexibility index (Phi) is 4.90. The number of aryl methyl sites for hydroxylation is 2. The number of fused-ring (bicyclic) bond motifs is 1. The molecular weight excluding hydrogens is 352 g/mol. The highest BCUT2D eigenvalue weighted by Crippen LogP contribution is 2.20. The Hall–Kier alpha value is -2.55. The topological polar surface area (TPSA) is 94.2 Å². The first-order chi connectivity index (χ1) is 12.3. The molecule has 26 heavy (non-hydrogen) atoms. The van der Waals surface area contributed by atoms with E-state index in [0.29, 0.717) is 17.8 Å². The smallest absolute Gasteiger partial charge is 0.222 e. The number of Topliss-reactive ketones (excluding diaryl/α,β-unsaturated/α-hetero) is 1. The number of imidazole rings is 1. The zero-order valence-corrected chi connectivity index (χ0v) is 16.3. The van der Waals surface area contributed by atoms with E-state index < -0.39 is 0 Å². The van der Waals surface area contributed by atoms with E-state index in [2.05, 4.69) is 20.5 Å². The molecule has 0 fully saturated rings. The molecule has 1 atom stereocenters. The Morgan fingerprint density at radius 2 is 2.00 bits per heavy atom. The minimum atomic E-state index is -0.142. The van der Waals surface area contributed by atoms with Crippen molar-refractivity contribution in [1.29, 1.82) is 0 Å². The quantitative estimate of drug-likeness (QED) is 0.669. The second-order valence-electron chi connectivity index (χ2n) is 6.46. The maximum absolute atomic E-state index is 12.3. The molecule has 3 aromatic rings. The van der Waals surface area contributed by atoms with Gasteiger partial charge in [-0.1, -0.05) is 11.3 Å². The van der Waals surface area contributed by atoms with Crippen LogP contribution in [0.4, 0.5) is 0 Å². The molecule has 0 aromatic carbocycles. The van der Waals surface area contributed by atoms with Crippen LogP contribution in [0.15, 0.2) is 6.20 Å². The number of ketones is 1. The molecule has 8 nitrogen and oxygen atoms in total. The Balaban J connectivity index is 1.61. The predicted octanol–water partition coefficient (Wildman–Crippen LogP) is 2.38. The van der Waals surface area contributed by atoms with Crippen LogP contribution < -0.4 is 5.32 Å². The van der Waals surface area contributed by atoms with Crippen molar-refractivity contribution in [2.75, 3.05) is 0 Å². The van der Waals surface area contributed by atoms with Crippen LogP contribution in [-0.4, -0.2) is 36.1 Å². The molecule has 0 aliphatic rings. The lowest BCUT2D eigenvalue weighted by Gasteiger charge is -2.14. The van der Waals surface area contributed by atoms with Crippen LogP contribution in [0.2, 0.25) is 0 Å². The van der Waals surface area contributed by atoms with Gasteiger partial charge in [-0.2, -0.15) is 10.2 Å². The minimum Gasteiger partial charge on any atom is -0.350 e. The van der Waals surface area contributed by atoms with E-state index in [-0.39, 0.29) is 24.2 Å². The first-order valence-electron chi connectivity index (χ1n) is 8.41. The highest BCUT2D eigenvalue weighted by molar-refractivity contribution is 7.16. The van der Waals surface area contributed by atoms with Crippen LogP contribution in [0.5, 0.6) is 0 Å². The fourth-order valence-corrected chi connectivity index (χ4v) is 3.89. The van der Waals surface area contributed by atoms with Gasteiger partial charge in [0, 0.05) is 12.1 Å². The third kappa shape index (κ3) is 3.52. The summed E-state index contributed by atoms with van der Waals surface area (Å²) in [7, 11) is 0. The molecule has 0 aliphatic carbocycles. The predicted molar refractivity (Wildman–Crippen MR) is 98.5 cm³/mol. The molecule has 0 saturated heterocycles. The molecule has 1 N–H and O–H groups in total. The van der Waals surface area contributed by atoms with Crippen molar-refractivity contribution < 1.29 is 9.59 Å². The van der Waals surface area contributed by atoms with Gasteiger partial charge in [-0.05, 0) is 34.6 Å². The number of nitrogens with one attached hydrogen (secondary N) is 1. The van der Waals surface area contributed by atoms with Crippen molar-refractivity contribution in [3.63, 3.8) is 0 Å². The number of amides is 1. The zero-order chi connectivity index (χ0) is 19.0. The van der Waals surface area contributed by atoms with Gasteiger partial charge in [0.2, 0.25) is 10.9 Å². The summed E-state index contributed by atoms with van der Waals surface area (Å²) < 4.78 is 3.48. The maximum atomic E-state index is 12.3. The van der Waals surface area contributed by atoms with E-state index in [1.165, 1.54) is 18.3 Å². The third-order valence-corrected chi connectivity index (χ3v) is 5.07. The molecule has 0 radical (unpaired) electrons. The Morgan fingerprint density at radius 3 is 2.62 bits per heavy atom. The van der Waals surface area contributed by atoms with Gasteiger partial charge in [0.25, 0.3) is 0 Å². The van der Waals surface area contributed by atoms with Crippen molar-refractivity contribution in [1.82, 2.24) is 29.7 Å². The second kappa shape index (κ2) is 6.99. The normalized spacial score (nSPS) is 12.5. The lowest BCUT2D eigenvalue weighted by Crippen LogP contribution is -2.26. The number of aromatic nitrogens is 5. The fourth-order valence-electron chi connectivity index (χ4n) is 3.15. The Morgan fingerprint density at radius 1 is 1.27 bits per heavy atom. The molecule has 0 unspecified atom stereocenters. The van der Waals surface area contributed by atoms with Gasteiger partial charge in [-0.3, -0.25) is 14.3 Å². The van der Waals surface area contributed by atoms with Crippen molar-refractivity contribution in [3.8, 4) is 0 Å². The molecule has 0 bridgehead atoms. The van der Waals surface area contributed by atoms with Gasteiger partial charge in [0.05, 0.1) is 35.7 Å². The Bertz CT molecular complexity index is 952. The average Bonchev–Trinajstić information content (AvgIpc) is 3.15. The Labute approximate surface area is 155 Å². The molecule has 0 aliphatic heterocycles. The van der Waals surface area contributed by atoms with Gasteiger partial charge >= 0.3 is 0 Å². The van der Waals surface area contributed by atoms with Gasteiger partial charge in [-0.25, -0.2) is 9.50 Å². The van der Waals surface area contributed by atoms with Crippen molar-refractivity contribution >= 4 is 28.0 Å². The molecular formula is C17H22N6O2S. The van der Waals surface area contributed by atoms with Crippen LogP contribution in [0.3, 0.4) is 0 Å². The van der Waals surface area contributed by atoms with E-state index in [1.54, 1.807) is 9.20 Å². The van der Waals surface area contributed by atoms with Gasteiger partial charge < -0.3 is 5.32 Å². The number of carbonyl (C=O) groups is 2.